The molecule has 1 amide bonds. The molecule has 26 heavy (non-hydrogen) atoms. The fourth-order valence-electron chi connectivity index (χ4n) is 3.26. The third-order valence-electron chi connectivity index (χ3n) is 4.58. The van der Waals surface area contributed by atoms with E-state index in [1.54, 1.807) is 23.1 Å². The van der Waals surface area contributed by atoms with Crippen LogP contribution in [0.1, 0.15) is 22.0 Å². The molecule has 0 aliphatic carbocycles. The van der Waals surface area contributed by atoms with E-state index in [1.807, 2.05) is 18.2 Å². The number of carbonyl (C=O) groups is 1. The molecule has 0 spiro atoms. The smallest absolute Gasteiger partial charge is 0.254 e. The lowest BCUT2D eigenvalue weighted by Gasteiger charge is -2.33. The molecule has 1 atom stereocenters. The topological polar surface area (TPSA) is 62.4 Å². The minimum atomic E-state index is -0.318. The Morgan fingerprint density at radius 1 is 1.15 bits per heavy atom. The SMILES string of the molecule is O=C(c1cc(=O)[nH]c2ccccc12)N1CCOC(c2ccc(F)cc2)C1. The number of morpholine rings is 1. The van der Waals surface area contributed by atoms with Gasteiger partial charge in [0.2, 0.25) is 5.56 Å². The predicted octanol–water partition coefficient (Wildman–Crippen LogP) is 2.88. The van der Waals surface area contributed by atoms with E-state index < -0.39 is 0 Å². The number of carbonyl (C=O) groups excluding carboxylic acids is 1. The van der Waals surface area contributed by atoms with E-state index in [4.69, 9.17) is 4.74 Å². The second kappa shape index (κ2) is 6.72. The van der Waals surface area contributed by atoms with Crippen molar-refractivity contribution in [3.05, 3.63) is 81.9 Å². The third kappa shape index (κ3) is 3.11. The zero-order chi connectivity index (χ0) is 18.1. The van der Waals surface area contributed by atoms with Gasteiger partial charge in [0.05, 0.1) is 18.7 Å². The Morgan fingerprint density at radius 3 is 2.73 bits per heavy atom. The summed E-state index contributed by atoms with van der Waals surface area (Å²) in [6.07, 6.45) is -0.318. The fraction of sp³-hybridized carbons (Fsp3) is 0.200. The zero-order valence-corrected chi connectivity index (χ0v) is 13.9. The summed E-state index contributed by atoms with van der Waals surface area (Å²) in [5.41, 5.74) is 1.52. The first kappa shape index (κ1) is 16.5. The van der Waals surface area contributed by atoms with Crippen LogP contribution < -0.4 is 5.56 Å². The molecule has 0 saturated carbocycles. The lowest BCUT2D eigenvalue weighted by Crippen LogP contribution is -2.42. The van der Waals surface area contributed by atoms with Gasteiger partial charge in [-0.15, -0.1) is 0 Å². The molecule has 0 radical (unpaired) electrons. The Kier molecular flexibility index (Phi) is 4.26. The van der Waals surface area contributed by atoms with E-state index in [9.17, 15) is 14.0 Å². The summed E-state index contributed by atoms with van der Waals surface area (Å²) >= 11 is 0. The van der Waals surface area contributed by atoms with Crippen molar-refractivity contribution in [1.82, 2.24) is 9.88 Å². The zero-order valence-electron chi connectivity index (χ0n) is 13.9. The number of nitrogens with zero attached hydrogens (tertiary/aromatic N) is 1. The molecule has 1 aliphatic rings. The summed E-state index contributed by atoms with van der Waals surface area (Å²) in [6.45, 7) is 1.18. The number of fused-ring (bicyclic) bond motifs is 1. The molecule has 4 rings (SSSR count). The van der Waals surface area contributed by atoms with E-state index in [2.05, 4.69) is 4.98 Å². The average Bonchev–Trinajstić information content (AvgIpc) is 2.67. The fourth-order valence-corrected chi connectivity index (χ4v) is 3.26. The van der Waals surface area contributed by atoms with Crippen LogP contribution in [-0.2, 0) is 4.74 Å². The molecule has 1 fully saturated rings. The molecule has 2 heterocycles. The summed E-state index contributed by atoms with van der Waals surface area (Å²) in [6, 6.07) is 14.7. The molecule has 3 aromatic rings. The van der Waals surface area contributed by atoms with Crippen LogP contribution in [0.3, 0.4) is 0 Å². The highest BCUT2D eigenvalue weighted by molar-refractivity contribution is 6.06. The summed E-state index contributed by atoms with van der Waals surface area (Å²) in [4.78, 5) is 29.4. The first-order valence-electron chi connectivity index (χ1n) is 8.40. The number of halogens is 1. The number of pyridine rings is 1. The molecule has 1 aliphatic heterocycles. The minimum absolute atomic E-state index is 0.206. The van der Waals surface area contributed by atoms with Crippen molar-refractivity contribution in [1.29, 1.82) is 0 Å². The van der Waals surface area contributed by atoms with Gasteiger partial charge in [-0.05, 0) is 23.8 Å². The van der Waals surface area contributed by atoms with Crippen LogP contribution in [0, 0.1) is 5.82 Å². The van der Waals surface area contributed by atoms with Crippen LogP contribution in [0.5, 0.6) is 0 Å². The van der Waals surface area contributed by atoms with Gasteiger partial charge >= 0.3 is 0 Å². The minimum Gasteiger partial charge on any atom is -0.370 e. The normalized spacial score (nSPS) is 17.4. The van der Waals surface area contributed by atoms with Gasteiger partial charge in [0.1, 0.15) is 11.9 Å². The monoisotopic (exact) mass is 352 g/mol. The van der Waals surface area contributed by atoms with E-state index in [1.165, 1.54) is 18.2 Å². The maximum Gasteiger partial charge on any atom is 0.254 e. The Morgan fingerprint density at radius 2 is 1.92 bits per heavy atom. The highest BCUT2D eigenvalue weighted by Gasteiger charge is 2.27. The van der Waals surface area contributed by atoms with Gasteiger partial charge in [0.15, 0.2) is 0 Å². The highest BCUT2D eigenvalue weighted by Crippen LogP contribution is 2.25. The van der Waals surface area contributed by atoms with Gasteiger partial charge in [0, 0.05) is 23.5 Å². The average molecular weight is 352 g/mol. The van der Waals surface area contributed by atoms with Gasteiger partial charge in [-0.2, -0.15) is 0 Å². The molecule has 1 aromatic heterocycles. The van der Waals surface area contributed by atoms with Crippen LogP contribution in [-0.4, -0.2) is 35.5 Å². The van der Waals surface area contributed by atoms with Gasteiger partial charge in [-0.3, -0.25) is 9.59 Å². The Bertz CT molecular complexity index is 1010. The van der Waals surface area contributed by atoms with Crippen molar-refractivity contribution < 1.29 is 13.9 Å². The van der Waals surface area contributed by atoms with Crippen LogP contribution in [0.25, 0.3) is 10.9 Å². The number of H-pyrrole nitrogens is 1. The van der Waals surface area contributed by atoms with E-state index in [-0.39, 0.29) is 23.4 Å². The second-order valence-corrected chi connectivity index (χ2v) is 6.25. The molecule has 1 N–H and O–H groups in total. The van der Waals surface area contributed by atoms with Crippen molar-refractivity contribution in [2.24, 2.45) is 0 Å². The van der Waals surface area contributed by atoms with Gasteiger partial charge in [-0.1, -0.05) is 30.3 Å². The summed E-state index contributed by atoms with van der Waals surface area (Å²) in [7, 11) is 0. The van der Waals surface area contributed by atoms with Crippen LogP contribution in [0.4, 0.5) is 4.39 Å². The highest BCUT2D eigenvalue weighted by atomic mass is 19.1. The van der Waals surface area contributed by atoms with Crippen LogP contribution in [0.2, 0.25) is 0 Å². The third-order valence-corrected chi connectivity index (χ3v) is 4.58. The van der Waals surface area contributed by atoms with Gasteiger partial charge in [0.25, 0.3) is 5.91 Å². The van der Waals surface area contributed by atoms with Crippen molar-refractivity contribution in [2.45, 2.75) is 6.10 Å². The molecule has 1 unspecified atom stereocenters. The molecule has 6 heteroatoms. The van der Waals surface area contributed by atoms with Gasteiger partial charge < -0.3 is 14.6 Å². The van der Waals surface area contributed by atoms with Crippen molar-refractivity contribution in [2.75, 3.05) is 19.7 Å². The summed E-state index contributed by atoms with van der Waals surface area (Å²) < 4.78 is 18.9. The number of amides is 1. The number of nitrogens with one attached hydrogen (secondary N) is 1. The molecule has 132 valence electrons. The first-order valence-corrected chi connectivity index (χ1v) is 8.40. The summed E-state index contributed by atoms with van der Waals surface area (Å²) in [5.74, 6) is -0.518. The molecule has 1 saturated heterocycles. The standard InChI is InChI=1S/C20H17FN2O3/c21-14-7-5-13(6-8-14)18-12-23(9-10-26-18)20(25)16-11-19(24)22-17-4-2-1-3-15(16)17/h1-8,11,18H,9-10,12H2,(H,22,24). The predicted molar refractivity (Wildman–Crippen MR) is 95.6 cm³/mol. The quantitative estimate of drug-likeness (QED) is 0.771. The molecular formula is C20H17FN2O3. The van der Waals surface area contributed by atoms with E-state index in [0.717, 1.165) is 5.56 Å². The largest absolute Gasteiger partial charge is 0.370 e. The Labute approximate surface area is 149 Å². The Balaban J connectivity index is 1.64. The lowest BCUT2D eigenvalue weighted by atomic mass is 10.1. The maximum absolute atomic E-state index is 13.1. The van der Waals surface area contributed by atoms with Crippen molar-refractivity contribution >= 4 is 16.8 Å². The first-order chi connectivity index (χ1) is 12.6. The van der Waals surface area contributed by atoms with Crippen LogP contribution >= 0.6 is 0 Å². The number of aromatic amines is 1. The number of hydrogen-bond acceptors (Lipinski definition) is 3. The molecule has 5 nitrogen and oxygen atoms in total. The molecule has 2 aromatic carbocycles. The second-order valence-electron chi connectivity index (χ2n) is 6.25. The van der Waals surface area contributed by atoms with E-state index >= 15 is 0 Å². The van der Waals surface area contributed by atoms with E-state index in [0.29, 0.717) is 36.2 Å². The Hall–Kier alpha value is -2.99. The van der Waals surface area contributed by atoms with Crippen LogP contribution in [0.15, 0.2) is 59.4 Å². The summed E-state index contributed by atoms with van der Waals surface area (Å²) in [5, 5.41) is 0.710. The van der Waals surface area contributed by atoms with Crippen molar-refractivity contribution in [3.8, 4) is 0 Å². The number of aromatic nitrogens is 1. The number of rotatable bonds is 2. The molecule has 0 bridgehead atoms. The maximum atomic E-state index is 13.1. The lowest BCUT2D eigenvalue weighted by molar-refractivity contribution is -0.0227. The number of para-hydroxylation sites is 1. The van der Waals surface area contributed by atoms with Gasteiger partial charge in [-0.25, -0.2) is 4.39 Å². The number of benzene rings is 2. The van der Waals surface area contributed by atoms with Crippen molar-refractivity contribution in [3.63, 3.8) is 0 Å². The number of ether oxygens (including phenoxy) is 1. The number of hydrogen-bond donors (Lipinski definition) is 1. The molecular weight excluding hydrogens is 335 g/mol.